The minimum atomic E-state index is -3.60. The van der Waals surface area contributed by atoms with Crippen LogP contribution in [0.15, 0.2) is 29.4 Å². The lowest BCUT2D eigenvalue weighted by molar-refractivity contribution is 0.353. The highest BCUT2D eigenvalue weighted by Crippen LogP contribution is 2.32. The minimum absolute atomic E-state index is 0.125. The summed E-state index contributed by atoms with van der Waals surface area (Å²) in [5, 5.41) is 4.44. The predicted molar refractivity (Wildman–Crippen MR) is 77.9 cm³/mol. The maximum absolute atomic E-state index is 12.2. The number of nitrogens with one attached hydrogen (secondary N) is 1. The van der Waals surface area contributed by atoms with E-state index >= 15 is 0 Å². The number of aromatic nitrogens is 2. The SMILES string of the molecule is Cn1cc(S(=O)(=O)NCc2cc(Cl)cc3c2OCC3)cn1. The van der Waals surface area contributed by atoms with E-state index in [4.69, 9.17) is 16.3 Å². The first kappa shape index (κ1) is 14.4. The van der Waals surface area contributed by atoms with Crippen LogP contribution in [-0.2, 0) is 30.0 Å². The quantitative estimate of drug-likeness (QED) is 0.923. The Morgan fingerprint density at radius 2 is 2.29 bits per heavy atom. The van der Waals surface area contributed by atoms with Gasteiger partial charge in [0.15, 0.2) is 0 Å². The molecule has 0 fully saturated rings. The van der Waals surface area contributed by atoms with Gasteiger partial charge in [0, 0.05) is 36.8 Å². The van der Waals surface area contributed by atoms with Crippen LogP contribution in [0.4, 0.5) is 0 Å². The number of halogens is 1. The molecule has 0 unspecified atom stereocenters. The van der Waals surface area contributed by atoms with Crippen molar-refractivity contribution in [2.75, 3.05) is 6.61 Å². The molecule has 1 aromatic heterocycles. The number of nitrogens with zero attached hydrogens (tertiary/aromatic N) is 2. The zero-order valence-electron chi connectivity index (χ0n) is 11.3. The fraction of sp³-hybridized carbons (Fsp3) is 0.308. The average Bonchev–Trinajstić information content (AvgIpc) is 3.04. The van der Waals surface area contributed by atoms with Gasteiger partial charge >= 0.3 is 0 Å². The zero-order valence-corrected chi connectivity index (χ0v) is 12.9. The molecule has 112 valence electrons. The molecular weight excluding hydrogens is 314 g/mol. The molecular formula is C13H14ClN3O3S. The molecule has 1 aromatic carbocycles. The van der Waals surface area contributed by atoms with Crippen molar-refractivity contribution in [1.29, 1.82) is 0 Å². The summed E-state index contributed by atoms with van der Waals surface area (Å²) in [4.78, 5) is 0.129. The molecule has 0 bridgehead atoms. The van der Waals surface area contributed by atoms with E-state index in [1.165, 1.54) is 17.1 Å². The van der Waals surface area contributed by atoms with Gasteiger partial charge < -0.3 is 4.74 Å². The first-order chi connectivity index (χ1) is 9.95. The zero-order chi connectivity index (χ0) is 15.0. The van der Waals surface area contributed by atoms with Gasteiger partial charge in [-0.05, 0) is 17.7 Å². The highest BCUT2D eigenvalue weighted by Gasteiger charge is 2.20. The lowest BCUT2D eigenvalue weighted by atomic mass is 10.1. The third-order valence-corrected chi connectivity index (χ3v) is 4.84. The van der Waals surface area contributed by atoms with Crippen molar-refractivity contribution in [2.24, 2.45) is 7.05 Å². The Morgan fingerprint density at radius 3 is 3.00 bits per heavy atom. The number of ether oxygens (including phenoxy) is 1. The minimum Gasteiger partial charge on any atom is -0.493 e. The van der Waals surface area contributed by atoms with Crippen LogP contribution in [0.5, 0.6) is 5.75 Å². The number of fused-ring (bicyclic) bond motifs is 1. The molecule has 0 spiro atoms. The maximum atomic E-state index is 12.2. The first-order valence-electron chi connectivity index (χ1n) is 6.38. The standard InChI is InChI=1S/C13H14ClN3O3S/c1-17-8-12(7-15-17)21(18,19)16-6-10-5-11(14)4-9-2-3-20-13(9)10/h4-5,7-8,16H,2-3,6H2,1H3. The second kappa shape index (κ2) is 5.32. The average molecular weight is 328 g/mol. The summed E-state index contributed by atoms with van der Waals surface area (Å²) in [7, 11) is -1.94. The van der Waals surface area contributed by atoms with Crippen LogP contribution in [0.2, 0.25) is 5.02 Å². The Morgan fingerprint density at radius 1 is 1.48 bits per heavy atom. The summed E-state index contributed by atoms with van der Waals surface area (Å²) in [6.45, 7) is 0.720. The third kappa shape index (κ3) is 2.90. The summed E-state index contributed by atoms with van der Waals surface area (Å²) in [5.74, 6) is 0.730. The van der Waals surface area contributed by atoms with Gasteiger partial charge in [-0.15, -0.1) is 0 Å². The van der Waals surface area contributed by atoms with Crippen LogP contribution in [0, 0.1) is 0 Å². The van der Waals surface area contributed by atoms with Crippen molar-refractivity contribution in [3.05, 3.63) is 40.7 Å². The number of aryl methyl sites for hydroxylation is 1. The largest absolute Gasteiger partial charge is 0.493 e. The molecule has 1 N–H and O–H groups in total. The van der Waals surface area contributed by atoms with E-state index in [0.29, 0.717) is 11.6 Å². The summed E-state index contributed by atoms with van der Waals surface area (Å²) in [5.41, 5.74) is 1.75. The number of rotatable bonds is 4. The molecule has 1 aliphatic heterocycles. The molecule has 0 aliphatic carbocycles. The smallest absolute Gasteiger partial charge is 0.243 e. The van der Waals surface area contributed by atoms with Crippen molar-refractivity contribution in [1.82, 2.24) is 14.5 Å². The van der Waals surface area contributed by atoms with Gasteiger partial charge in [-0.25, -0.2) is 13.1 Å². The van der Waals surface area contributed by atoms with Crippen molar-refractivity contribution in [3.63, 3.8) is 0 Å². The Balaban J connectivity index is 1.82. The number of sulfonamides is 1. The highest BCUT2D eigenvalue weighted by atomic mass is 35.5. The first-order valence-corrected chi connectivity index (χ1v) is 8.24. The Bertz CT molecular complexity index is 786. The molecule has 0 radical (unpaired) electrons. The lowest BCUT2D eigenvalue weighted by Gasteiger charge is -2.10. The van der Waals surface area contributed by atoms with Gasteiger partial charge in [0.05, 0.1) is 12.8 Å². The molecule has 2 heterocycles. The molecule has 0 atom stereocenters. The maximum Gasteiger partial charge on any atom is 0.243 e. The van der Waals surface area contributed by atoms with Gasteiger partial charge in [0.25, 0.3) is 0 Å². The van der Waals surface area contributed by atoms with E-state index in [9.17, 15) is 8.42 Å². The number of hydrogen-bond donors (Lipinski definition) is 1. The fourth-order valence-electron chi connectivity index (χ4n) is 2.27. The highest BCUT2D eigenvalue weighted by molar-refractivity contribution is 7.89. The summed E-state index contributed by atoms with van der Waals surface area (Å²) in [6.07, 6.45) is 3.54. The van der Waals surface area contributed by atoms with Crippen LogP contribution >= 0.6 is 11.6 Å². The third-order valence-electron chi connectivity index (χ3n) is 3.27. The van der Waals surface area contributed by atoms with Crippen LogP contribution in [0.1, 0.15) is 11.1 Å². The summed E-state index contributed by atoms with van der Waals surface area (Å²) < 4.78 is 33.9. The van der Waals surface area contributed by atoms with Crippen LogP contribution in [0.3, 0.4) is 0 Å². The van der Waals surface area contributed by atoms with Gasteiger partial charge in [-0.2, -0.15) is 5.10 Å². The van der Waals surface area contributed by atoms with Gasteiger partial charge in [-0.3, -0.25) is 4.68 Å². The molecule has 21 heavy (non-hydrogen) atoms. The molecule has 0 amide bonds. The van der Waals surface area contributed by atoms with Crippen molar-refractivity contribution >= 4 is 21.6 Å². The Labute approximate surface area is 127 Å². The van der Waals surface area contributed by atoms with E-state index in [2.05, 4.69) is 9.82 Å². The Hall–Kier alpha value is -1.57. The van der Waals surface area contributed by atoms with Crippen molar-refractivity contribution in [3.8, 4) is 5.75 Å². The second-order valence-corrected chi connectivity index (χ2v) is 7.03. The topological polar surface area (TPSA) is 73.2 Å². The second-order valence-electron chi connectivity index (χ2n) is 4.83. The van der Waals surface area contributed by atoms with Crippen LogP contribution in [-0.4, -0.2) is 24.8 Å². The molecule has 8 heteroatoms. The van der Waals surface area contributed by atoms with Gasteiger partial charge in [0.2, 0.25) is 10.0 Å². The molecule has 0 saturated carbocycles. The fourth-order valence-corrected chi connectivity index (χ4v) is 3.52. The summed E-state index contributed by atoms with van der Waals surface area (Å²) in [6, 6.07) is 3.57. The molecule has 6 nitrogen and oxygen atoms in total. The van der Waals surface area contributed by atoms with E-state index in [-0.39, 0.29) is 11.4 Å². The van der Waals surface area contributed by atoms with Crippen LogP contribution in [0.25, 0.3) is 0 Å². The van der Waals surface area contributed by atoms with Gasteiger partial charge in [0.1, 0.15) is 10.6 Å². The van der Waals surface area contributed by atoms with E-state index in [0.717, 1.165) is 23.3 Å². The van der Waals surface area contributed by atoms with Crippen molar-refractivity contribution in [2.45, 2.75) is 17.9 Å². The van der Waals surface area contributed by atoms with E-state index in [1.807, 2.05) is 6.07 Å². The monoisotopic (exact) mass is 327 g/mol. The summed E-state index contributed by atoms with van der Waals surface area (Å²) >= 11 is 6.05. The number of hydrogen-bond acceptors (Lipinski definition) is 4. The number of benzene rings is 1. The lowest BCUT2D eigenvalue weighted by Crippen LogP contribution is -2.23. The van der Waals surface area contributed by atoms with E-state index in [1.54, 1.807) is 13.1 Å². The predicted octanol–water partition coefficient (Wildman–Crippen LogP) is 1.49. The molecule has 1 aliphatic rings. The molecule has 3 rings (SSSR count). The van der Waals surface area contributed by atoms with Gasteiger partial charge in [-0.1, -0.05) is 11.6 Å². The normalized spacial score (nSPS) is 14.0. The van der Waals surface area contributed by atoms with Crippen LogP contribution < -0.4 is 9.46 Å². The molecule has 2 aromatic rings. The van der Waals surface area contributed by atoms with Crippen molar-refractivity contribution < 1.29 is 13.2 Å². The molecule has 0 saturated heterocycles. The van der Waals surface area contributed by atoms with E-state index < -0.39 is 10.0 Å². The Kier molecular flexibility index (Phi) is 3.64.